The van der Waals surface area contributed by atoms with Gasteiger partial charge in [-0.05, 0) is 119 Å². The molecule has 0 unspecified atom stereocenters. The quantitative estimate of drug-likeness (QED) is 0.138. The van der Waals surface area contributed by atoms with Gasteiger partial charge in [-0.1, -0.05) is 152 Å². The number of anilines is 9. The van der Waals surface area contributed by atoms with Crippen LogP contribution in [0.15, 0.2) is 249 Å². The zero-order valence-electron chi connectivity index (χ0n) is 32.5. The summed E-state index contributed by atoms with van der Waals surface area (Å²) in [5.41, 5.74) is 12.2. The molecule has 0 aliphatic rings. The van der Waals surface area contributed by atoms with Crippen molar-refractivity contribution in [3.63, 3.8) is 0 Å². The van der Waals surface area contributed by atoms with E-state index in [4.69, 9.17) is 0 Å². The van der Waals surface area contributed by atoms with Gasteiger partial charge in [-0.15, -0.1) is 0 Å². The van der Waals surface area contributed by atoms with Gasteiger partial charge in [0.1, 0.15) is 0 Å². The standard InChI is InChI=1S/C56H41N3/c1-4-16-42(17-5-1)43-30-32-48(33-31-43)57(49-34-38-51(39-35-49)58(46-22-6-2-7-23-46)55-28-14-20-44-18-10-12-26-53(44)55)50-36-40-52(41-37-50)59(47-24-8-3-9-25-47)56-29-15-21-45-19-11-13-27-54(45)56/h1-41H. The highest BCUT2D eigenvalue weighted by Gasteiger charge is 2.20. The lowest BCUT2D eigenvalue weighted by atomic mass is 10.0. The summed E-state index contributed by atoms with van der Waals surface area (Å²) in [4.78, 5) is 7.05. The monoisotopic (exact) mass is 755 g/mol. The van der Waals surface area contributed by atoms with Crippen molar-refractivity contribution in [3.8, 4) is 11.1 Å². The molecule has 3 heteroatoms. The molecule has 3 nitrogen and oxygen atoms in total. The average molecular weight is 756 g/mol. The molecule has 0 heterocycles. The Morgan fingerprint density at radius 1 is 0.186 bits per heavy atom. The highest BCUT2D eigenvalue weighted by atomic mass is 15.2. The first-order valence-electron chi connectivity index (χ1n) is 20.1. The van der Waals surface area contributed by atoms with Gasteiger partial charge in [-0.3, -0.25) is 0 Å². The molecule has 10 rings (SSSR count). The van der Waals surface area contributed by atoms with Gasteiger partial charge in [-0.25, -0.2) is 0 Å². The third kappa shape index (κ3) is 7.07. The van der Waals surface area contributed by atoms with Gasteiger partial charge in [0.15, 0.2) is 0 Å². The lowest BCUT2D eigenvalue weighted by molar-refractivity contribution is 1.25. The lowest BCUT2D eigenvalue weighted by Crippen LogP contribution is -2.13. The van der Waals surface area contributed by atoms with Gasteiger partial charge in [0, 0.05) is 50.6 Å². The van der Waals surface area contributed by atoms with E-state index in [0.717, 1.165) is 51.2 Å². The van der Waals surface area contributed by atoms with E-state index in [1.807, 2.05) is 0 Å². The molecule has 0 radical (unpaired) electrons. The molecule has 280 valence electrons. The van der Waals surface area contributed by atoms with Crippen molar-refractivity contribution in [2.24, 2.45) is 0 Å². The van der Waals surface area contributed by atoms with Crippen LogP contribution in [0.3, 0.4) is 0 Å². The molecule has 0 atom stereocenters. The fourth-order valence-electron chi connectivity index (χ4n) is 8.20. The van der Waals surface area contributed by atoms with E-state index >= 15 is 0 Å². The SMILES string of the molecule is c1ccc(-c2ccc(N(c3ccc(N(c4ccccc4)c4cccc5ccccc45)cc3)c3ccc(N(c4ccccc4)c4cccc5ccccc45)cc3)cc2)cc1. The zero-order chi connectivity index (χ0) is 39.4. The van der Waals surface area contributed by atoms with E-state index in [2.05, 4.69) is 263 Å². The molecule has 10 aromatic carbocycles. The third-order valence-corrected chi connectivity index (χ3v) is 11.0. The van der Waals surface area contributed by atoms with Crippen LogP contribution < -0.4 is 14.7 Å². The van der Waals surface area contributed by atoms with Crippen LogP contribution >= 0.6 is 0 Å². The highest BCUT2D eigenvalue weighted by molar-refractivity contribution is 6.00. The fraction of sp³-hybridized carbons (Fsp3) is 0. The van der Waals surface area contributed by atoms with Gasteiger partial charge in [-0.2, -0.15) is 0 Å². The van der Waals surface area contributed by atoms with Crippen molar-refractivity contribution < 1.29 is 0 Å². The van der Waals surface area contributed by atoms with Crippen LogP contribution in [0.2, 0.25) is 0 Å². The molecule has 0 bridgehead atoms. The summed E-state index contributed by atoms with van der Waals surface area (Å²) in [6.45, 7) is 0. The number of nitrogens with zero attached hydrogens (tertiary/aromatic N) is 3. The topological polar surface area (TPSA) is 9.72 Å². The van der Waals surface area contributed by atoms with E-state index in [1.54, 1.807) is 0 Å². The zero-order valence-corrected chi connectivity index (χ0v) is 32.5. The normalized spacial score (nSPS) is 11.1. The smallest absolute Gasteiger partial charge is 0.0540 e. The van der Waals surface area contributed by atoms with Crippen LogP contribution in [-0.4, -0.2) is 0 Å². The molecule has 0 amide bonds. The van der Waals surface area contributed by atoms with Crippen molar-refractivity contribution in [2.75, 3.05) is 14.7 Å². The van der Waals surface area contributed by atoms with Crippen LogP contribution in [-0.2, 0) is 0 Å². The summed E-state index contributed by atoms with van der Waals surface area (Å²) < 4.78 is 0. The Balaban J connectivity index is 1.07. The van der Waals surface area contributed by atoms with Crippen molar-refractivity contribution in [2.45, 2.75) is 0 Å². The molecule has 0 saturated heterocycles. The average Bonchev–Trinajstić information content (AvgIpc) is 3.32. The molecule has 0 saturated carbocycles. The number of para-hydroxylation sites is 2. The first-order chi connectivity index (χ1) is 29.3. The molecule has 0 fully saturated rings. The van der Waals surface area contributed by atoms with Crippen molar-refractivity contribution in [3.05, 3.63) is 249 Å². The number of hydrogen-bond acceptors (Lipinski definition) is 3. The molecular weight excluding hydrogens is 715 g/mol. The maximum Gasteiger partial charge on any atom is 0.0540 e. The second kappa shape index (κ2) is 15.9. The van der Waals surface area contributed by atoms with Gasteiger partial charge in [0.05, 0.1) is 11.4 Å². The summed E-state index contributed by atoms with van der Waals surface area (Å²) in [7, 11) is 0. The molecule has 0 aliphatic carbocycles. The summed E-state index contributed by atoms with van der Waals surface area (Å²) in [5, 5.41) is 4.83. The Morgan fingerprint density at radius 3 is 0.898 bits per heavy atom. The lowest BCUT2D eigenvalue weighted by Gasteiger charge is -2.30. The number of benzene rings is 10. The summed E-state index contributed by atoms with van der Waals surface area (Å²) in [6.07, 6.45) is 0. The Morgan fingerprint density at radius 2 is 0.475 bits per heavy atom. The van der Waals surface area contributed by atoms with Crippen molar-refractivity contribution >= 4 is 72.7 Å². The maximum absolute atomic E-state index is 2.35. The molecule has 0 aliphatic heterocycles. The second-order valence-electron chi connectivity index (χ2n) is 14.6. The van der Waals surface area contributed by atoms with Gasteiger partial charge in [0.2, 0.25) is 0 Å². The van der Waals surface area contributed by atoms with Crippen LogP contribution in [0.4, 0.5) is 51.2 Å². The molecular formula is C56H41N3. The predicted molar refractivity (Wildman–Crippen MR) is 251 cm³/mol. The van der Waals surface area contributed by atoms with Crippen molar-refractivity contribution in [1.82, 2.24) is 0 Å². The molecule has 0 aromatic heterocycles. The largest absolute Gasteiger partial charge is 0.311 e. The Hall–Kier alpha value is -7.88. The summed E-state index contributed by atoms with van der Waals surface area (Å²) in [6, 6.07) is 88.9. The van der Waals surface area contributed by atoms with Gasteiger partial charge in [0.25, 0.3) is 0 Å². The minimum Gasteiger partial charge on any atom is -0.311 e. The Bertz CT molecular complexity index is 2790. The van der Waals surface area contributed by atoms with Gasteiger partial charge < -0.3 is 14.7 Å². The van der Waals surface area contributed by atoms with Crippen LogP contribution in [0.1, 0.15) is 0 Å². The maximum atomic E-state index is 2.35. The van der Waals surface area contributed by atoms with Crippen molar-refractivity contribution in [1.29, 1.82) is 0 Å². The van der Waals surface area contributed by atoms with Crippen LogP contribution in [0.25, 0.3) is 32.7 Å². The summed E-state index contributed by atoms with van der Waals surface area (Å²) >= 11 is 0. The van der Waals surface area contributed by atoms with E-state index in [9.17, 15) is 0 Å². The highest BCUT2D eigenvalue weighted by Crippen LogP contribution is 2.44. The number of fused-ring (bicyclic) bond motifs is 2. The number of hydrogen-bond donors (Lipinski definition) is 0. The Kier molecular flexibility index (Phi) is 9.59. The first-order valence-corrected chi connectivity index (χ1v) is 20.1. The van der Waals surface area contributed by atoms with E-state index in [1.165, 1.54) is 32.7 Å². The van der Waals surface area contributed by atoms with E-state index in [-0.39, 0.29) is 0 Å². The molecule has 10 aromatic rings. The predicted octanol–water partition coefficient (Wildman–Crippen LogP) is 16.1. The molecule has 59 heavy (non-hydrogen) atoms. The van der Waals surface area contributed by atoms with Gasteiger partial charge >= 0.3 is 0 Å². The second-order valence-corrected chi connectivity index (χ2v) is 14.6. The fourth-order valence-corrected chi connectivity index (χ4v) is 8.20. The Labute approximate surface area is 345 Å². The first kappa shape index (κ1) is 35.5. The van der Waals surface area contributed by atoms with E-state index in [0.29, 0.717) is 0 Å². The third-order valence-electron chi connectivity index (χ3n) is 11.0. The molecule has 0 N–H and O–H groups in total. The van der Waals surface area contributed by atoms with Crippen LogP contribution in [0, 0.1) is 0 Å². The van der Waals surface area contributed by atoms with Crippen LogP contribution in [0.5, 0.6) is 0 Å². The number of rotatable bonds is 10. The minimum atomic E-state index is 1.06. The minimum absolute atomic E-state index is 1.06. The van der Waals surface area contributed by atoms with E-state index < -0.39 is 0 Å². The summed E-state index contributed by atoms with van der Waals surface area (Å²) in [5.74, 6) is 0. The molecule has 0 spiro atoms.